The van der Waals surface area contributed by atoms with E-state index in [1.54, 1.807) is 6.07 Å². The van der Waals surface area contributed by atoms with Crippen molar-refractivity contribution in [2.45, 2.75) is 70.4 Å². The lowest BCUT2D eigenvalue weighted by atomic mass is 9.91. The van der Waals surface area contributed by atoms with Crippen molar-refractivity contribution >= 4 is 29.5 Å². The van der Waals surface area contributed by atoms with Crippen LogP contribution < -0.4 is 31.7 Å². The molecule has 11 heteroatoms. The van der Waals surface area contributed by atoms with Gasteiger partial charge in [0.25, 0.3) is 0 Å². The molecule has 0 spiro atoms. The maximum atomic E-state index is 14.2. The Labute approximate surface area is 298 Å². The summed E-state index contributed by atoms with van der Waals surface area (Å²) in [5, 5.41) is 5.57. The summed E-state index contributed by atoms with van der Waals surface area (Å²) in [5.74, 6) is -1.10. The van der Waals surface area contributed by atoms with E-state index in [1.807, 2.05) is 104 Å². The van der Waals surface area contributed by atoms with E-state index in [0.29, 0.717) is 43.9 Å². The molecule has 1 aliphatic rings. The van der Waals surface area contributed by atoms with Gasteiger partial charge in [-0.1, -0.05) is 91.0 Å². The molecule has 5 rings (SSSR count). The predicted molar refractivity (Wildman–Crippen MR) is 195 cm³/mol. The number of nitrogens with zero attached hydrogens (tertiary/aromatic N) is 1. The zero-order chi connectivity index (χ0) is 36.2. The Balaban J connectivity index is 1.35. The lowest BCUT2D eigenvalue weighted by molar-refractivity contribution is -0.130. The molecule has 0 bridgehead atoms. The van der Waals surface area contributed by atoms with E-state index < -0.39 is 41.9 Å². The van der Waals surface area contributed by atoms with Gasteiger partial charge < -0.3 is 31.6 Å². The minimum absolute atomic E-state index is 0.145. The highest BCUT2D eigenvalue weighted by atomic mass is 16.5. The van der Waals surface area contributed by atoms with Crippen molar-refractivity contribution in [2.75, 3.05) is 11.4 Å². The Kier molecular flexibility index (Phi) is 12.8. The van der Waals surface area contributed by atoms with Crippen LogP contribution in [0.4, 0.5) is 10.5 Å². The average Bonchev–Trinajstić information content (AvgIpc) is 3.13. The molecular formula is C40H45N5O6. The number of aryl methyl sites for hydroxylation is 1. The highest BCUT2D eigenvalue weighted by molar-refractivity contribution is 6.06. The van der Waals surface area contributed by atoms with E-state index in [9.17, 15) is 19.2 Å². The molecule has 4 aromatic rings. The number of benzene rings is 4. The van der Waals surface area contributed by atoms with Crippen molar-refractivity contribution in [3.8, 4) is 5.75 Å². The first-order valence-corrected chi connectivity index (χ1v) is 17.2. The van der Waals surface area contributed by atoms with Gasteiger partial charge in [-0.2, -0.15) is 0 Å². The quantitative estimate of drug-likeness (QED) is 0.126. The second-order valence-corrected chi connectivity index (χ2v) is 12.7. The van der Waals surface area contributed by atoms with Crippen LogP contribution in [0.1, 0.15) is 47.1 Å². The zero-order valence-corrected chi connectivity index (χ0v) is 28.8. The van der Waals surface area contributed by atoms with E-state index in [2.05, 4.69) is 10.6 Å². The Hall–Kier alpha value is -5.68. The number of amides is 4. The molecule has 4 aromatic carbocycles. The minimum Gasteiger partial charge on any atom is -0.489 e. The number of nitrogens with two attached hydrogens (primary N) is 2. The van der Waals surface area contributed by atoms with E-state index in [4.69, 9.17) is 20.9 Å². The number of alkyl carbamates (subject to hydrolysis) is 1. The van der Waals surface area contributed by atoms with Crippen molar-refractivity contribution in [3.63, 3.8) is 0 Å². The monoisotopic (exact) mass is 691 g/mol. The third-order valence-corrected chi connectivity index (χ3v) is 8.85. The van der Waals surface area contributed by atoms with Crippen LogP contribution in [0.3, 0.4) is 0 Å². The van der Waals surface area contributed by atoms with Crippen molar-refractivity contribution in [1.82, 2.24) is 10.6 Å². The highest BCUT2D eigenvalue weighted by Crippen LogP contribution is 2.36. The van der Waals surface area contributed by atoms with Crippen LogP contribution in [0.5, 0.6) is 5.75 Å². The predicted octanol–water partition coefficient (Wildman–Crippen LogP) is 4.47. The fourth-order valence-corrected chi connectivity index (χ4v) is 6.14. The number of carbonyl (C=O) groups is 4. The summed E-state index contributed by atoms with van der Waals surface area (Å²) < 4.78 is 11.5. The summed E-state index contributed by atoms with van der Waals surface area (Å²) in [6, 6.07) is 29.1. The SMILES string of the molecule is Cc1cc(OCc2ccccc2)cc2c1C[C@H](N)C(=O)N2[C@@H](CCCCNC(=O)OCc1ccccc1)C(=O)N[C@@H](Cc1ccccc1)C(N)=O. The number of carbonyl (C=O) groups excluding carboxylic acids is 4. The van der Waals surface area contributed by atoms with Gasteiger partial charge in [0.2, 0.25) is 17.7 Å². The van der Waals surface area contributed by atoms with E-state index >= 15 is 0 Å². The van der Waals surface area contributed by atoms with Crippen molar-refractivity contribution in [3.05, 3.63) is 131 Å². The third-order valence-electron chi connectivity index (χ3n) is 8.85. The van der Waals surface area contributed by atoms with Crippen LogP contribution in [0.15, 0.2) is 103 Å². The van der Waals surface area contributed by atoms with Crippen molar-refractivity contribution < 1.29 is 28.7 Å². The number of hydrogen-bond acceptors (Lipinski definition) is 7. The van der Waals surface area contributed by atoms with Crippen LogP contribution in [0.2, 0.25) is 0 Å². The molecule has 0 fully saturated rings. The molecule has 0 saturated carbocycles. The number of fused-ring (bicyclic) bond motifs is 1. The fourth-order valence-electron chi connectivity index (χ4n) is 6.14. The molecule has 11 nitrogen and oxygen atoms in total. The molecule has 0 unspecified atom stereocenters. The first-order valence-electron chi connectivity index (χ1n) is 17.2. The van der Waals surface area contributed by atoms with Crippen LogP contribution in [-0.2, 0) is 45.2 Å². The molecule has 4 amide bonds. The van der Waals surface area contributed by atoms with E-state index in [-0.39, 0.29) is 19.4 Å². The van der Waals surface area contributed by atoms with Crippen LogP contribution in [0, 0.1) is 6.92 Å². The Morgan fingerprint density at radius 2 is 1.47 bits per heavy atom. The number of nitrogens with one attached hydrogen (secondary N) is 2. The highest BCUT2D eigenvalue weighted by Gasteiger charge is 2.40. The molecule has 6 N–H and O–H groups in total. The molecule has 3 atom stereocenters. The topological polar surface area (TPSA) is 166 Å². The summed E-state index contributed by atoms with van der Waals surface area (Å²) in [7, 11) is 0. The van der Waals surface area contributed by atoms with Gasteiger partial charge in [0.05, 0.1) is 11.7 Å². The zero-order valence-electron chi connectivity index (χ0n) is 28.8. The van der Waals surface area contributed by atoms with Crippen LogP contribution in [0.25, 0.3) is 0 Å². The fraction of sp³-hybridized carbons (Fsp3) is 0.300. The number of ether oxygens (including phenoxy) is 2. The number of rotatable bonds is 16. The molecule has 1 aliphatic heterocycles. The van der Waals surface area contributed by atoms with Gasteiger partial charge in [0, 0.05) is 19.0 Å². The van der Waals surface area contributed by atoms with Crippen LogP contribution >= 0.6 is 0 Å². The number of unbranched alkanes of at least 4 members (excludes halogenated alkanes) is 1. The van der Waals surface area contributed by atoms with Gasteiger partial charge in [-0.05, 0) is 66.5 Å². The lowest BCUT2D eigenvalue weighted by Gasteiger charge is -2.39. The van der Waals surface area contributed by atoms with Gasteiger partial charge in [-0.25, -0.2) is 4.79 Å². The van der Waals surface area contributed by atoms with Gasteiger partial charge >= 0.3 is 6.09 Å². The largest absolute Gasteiger partial charge is 0.489 e. The lowest BCUT2D eigenvalue weighted by Crippen LogP contribution is -2.59. The van der Waals surface area contributed by atoms with Gasteiger partial charge in [0.1, 0.15) is 31.0 Å². The first kappa shape index (κ1) is 36.6. The molecular weight excluding hydrogens is 646 g/mol. The summed E-state index contributed by atoms with van der Waals surface area (Å²) in [6.45, 7) is 2.68. The number of anilines is 1. The van der Waals surface area contributed by atoms with E-state index in [0.717, 1.165) is 27.8 Å². The summed E-state index contributed by atoms with van der Waals surface area (Å²) in [5.41, 5.74) is 17.1. The molecule has 0 radical (unpaired) electrons. The second-order valence-electron chi connectivity index (χ2n) is 12.7. The average molecular weight is 692 g/mol. The molecule has 266 valence electrons. The first-order chi connectivity index (χ1) is 24.7. The molecule has 51 heavy (non-hydrogen) atoms. The van der Waals surface area contributed by atoms with Crippen LogP contribution in [-0.4, -0.2) is 48.5 Å². The molecule has 0 aromatic heterocycles. The summed E-state index contributed by atoms with van der Waals surface area (Å²) in [6.07, 6.45) is 1.10. The summed E-state index contributed by atoms with van der Waals surface area (Å²) in [4.78, 5) is 54.5. The van der Waals surface area contributed by atoms with E-state index in [1.165, 1.54) is 4.90 Å². The second kappa shape index (κ2) is 17.8. The molecule has 0 saturated heterocycles. The smallest absolute Gasteiger partial charge is 0.407 e. The standard InChI is InChI=1S/C40H45N5O6/c1-27-21-31(50-25-29-15-7-3-8-16-29)23-36-32(27)24-33(41)39(48)45(36)35(38(47)44-34(37(42)46)22-28-13-5-2-6-14-28)19-11-12-20-43-40(49)51-26-30-17-9-4-10-18-30/h2-10,13-18,21,23,33-35H,11-12,19-20,22,24-26,41H2,1H3,(H2,42,46)(H,43,49)(H,44,47)/t33-,34-,35-/m0/s1. The Bertz CT molecular complexity index is 1790. The maximum absolute atomic E-state index is 14.2. The maximum Gasteiger partial charge on any atom is 0.407 e. The minimum atomic E-state index is -1.03. The molecule has 0 aliphatic carbocycles. The molecule has 1 heterocycles. The van der Waals surface area contributed by atoms with Crippen molar-refractivity contribution in [1.29, 1.82) is 0 Å². The van der Waals surface area contributed by atoms with Crippen molar-refractivity contribution in [2.24, 2.45) is 11.5 Å². The normalized spacial score (nSPS) is 14.9. The number of primary amides is 1. The van der Waals surface area contributed by atoms with Gasteiger partial charge in [-0.3, -0.25) is 19.3 Å². The third kappa shape index (κ3) is 10.2. The van der Waals surface area contributed by atoms with Gasteiger partial charge in [-0.15, -0.1) is 0 Å². The van der Waals surface area contributed by atoms with Gasteiger partial charge in [0.15, 0.2) is 0 Å². The number of hydrogen-bond donors (Lipinski definition) is 4. The summed E-state index contributed by atoms with van der Waals surface area (Å²) >= 11 is 0. The Morgan fingerprint density at radius 1 is 0.863 bits per heavy atom. The Morgan fingerprint density at radius 3 is 2.10 bits per heavy atom.